The molecule has 0 aliphatic heterocycles. The van der Waals surface area contributed by atoms with Crippen molar-refractivity contribution in [1.82, 2.24) is 9.62 Å². The van der Waals surface area contributed by atoms with E-state index in [-0.39, 0.29) is 5.91 Å². The lowest BCUT2D eigenvalue weighted by molar-refractivity contribution is -0.132. The molecule has 1 saturated carbocycles. The molecule has 156 valence electrons. The Bertz CT molecular complexity index is 729. The number of rotatable bonds is 10. The Morgan fingerprint density at radius 3 is 2.57 bits per heavy atom. The van der Waals surface area contributed by atoms with Crippen molar-refractivity contribution in [3.8, 4) is 0 Å². The van der Waals surface area contributed by atoms with Gasteiger partial charge >= 0.3 is 0 Å². The van der Waals surface area contributed by atoms with E-state index in [1.807, 2.05) is 36.6 Å². The van der Waals surface area contributed by atoms with Crippen LogP contribution in [0.15, 0.2) is 35.7 Å². The van der Waals surface area contributed by atoms with Crippen LogP contribution in [-0.2, 0) is 14.8 Å². The Morgan fingerprint density at radius 1 is 1.25 bits per heavy atom. The van der Waals surface area contributed by atoms with Crippen LogP contribution >= 0.6 is 11.8 Å². The number of sulfonamides is 1. The summed E-state index contributed by atoms with van der Waals surface area (Å²) in [5.74, 6) is 1.10. The van der Waals surface area contributed by atoms with E-state index in [1.54, 1.807) is 29.8 Å². The number of benzene rings is 1. The fourth-order valence-electron chi connectivity index (χ4n) is 3.55. The van der Waals surface area contributed by atoms with E-state index in [4.69, 9.17) is 0 Å². The summed E-state index contributed by atoms with van der Waals surface area (Å²) in [7, 11) is -1.92. The number of hydrogen-bond acceptors (Lipinski definition) is 4. The topological polar surface area (TPSA) is 66.5 Å². The van der Waals surface area contributed by atoms with Crippen LogP contribution in [0.4, 0.5) is 0 Å². The molecular weight excluding hydrogens is 392 g/mol. The molecule has 1 aliphatic rings. The third-order valence-corrected chi connectivity index (χ3v) is 6.84. The van der Waals surface area contributed by atoms with E-state index in [9.17, 15) is 13.2 Å². The predicted molar refractivity (Wildman–Crippen MR) is 119 cm³/mol. The minimum Gasteiger partial charge on any atom is -0.344 e. The molecule has 0 saturated heterocycles. The van der Waals surface area contributed by atoms with Crippen molar-refractivity contribution in [2.24, 2.45) is 5.92 Å². The van der Waals surface area contributed by atoms with E-state index in [2.05, 4.69) is 4.72 Å². The van der Waals surface area contributed by atoms with E-state index in [1.165, 1.54) is 19.3 Å². The average molecular weight is 425 g/mol. The number of carbonyl (C=O) groups is 1. The predicted octanol–water partition coefficient (Wildman–Crippen LogP) is 3.74. The molecule has 7 heteroatoms. The third-order valence-electron chi connectivity index (χ3n) is 5.09. The van der Waals surface area contributed by atoms with Gasteiger partial charge in [-0.2, -0.15) is 16.5 Å². The van der Waals surface area contributed by atoms with Crippen LogP contribution in [0.5, 0.6) is 0 Å². The maximum atomic E-state index is 12.9. The Hall–Kier alpha value is -1.31. The number of hydrogen-bond donors (Lipinski definition) is 1. The van der Waals surface area contributed by atoms with Crippen LogP contribution < -0.4 is 4.72 Å². The zero-order valence-electron chi connectivity index (χ0n) is 16.8. The molecule has 5 nitrogen and oxygen atoms in total. The molecular formula is C21H32N2O3S2. The van der Waals surface area contributed by atoms with Gasteiger partial charge in [-0.15, -0.1) is 0 Å². The van der Waals surface area contributed by atoms with Crippen molar-refractivity contribution >= 4 is 33.8 Å². The van der Waals surface area contributed by atoms with Gasteiger partial charge in [0.2, 0.25) is 15.9 Å². The normalized spacial score (nSPS) is 16.9. The van der Waals surface area contributed by atoms with Gasteiger partial charge in [0.25, 0.3) is 0 Å². The summed E-state index contributed by atoms with van der Waals surface area (Å²) >= 11 is 1.61. The van der Waals surface area contributed by atoms with Gasteiger partial charge in [-0.3, -0.25) is 4.79 Å². The number of likely N-dealkylation sites (N-methyl/N-ethyl adjacent to an activating group) is 1. The average Bonchev–Trinajstić information content (AvgIpc) is 2.70. The second-order valence-electron chi connectivity index (χ2n) is 7.43. The highest BCUT2D eigenvalue weighted by Gasteiger charge is 2.27. The van der Waals surface area contributed by atoms with Gasteiger partial charge in [0.15, 0.2) is 0 Å². The molecule has 1 aromatic rings. The molecule has 28 heavy (non-hydrogen) atoms. The molecule has 1 fully saturated rings. The number of amides is 1. The fourth-order valence-corrected chi connectivity index (χ4v) is 5.05. The van der Waals surface area contributed by atoms with E-state index >= 15 is 0 Å². The van der Waals surface area contributed by atoms with E-state index < -0.39 is 16.1 Å². The molecule has 1 N–H and O–H groups in total. The lowest BCUT2D eigenvalue weighted by atomic mass is 9.89. The van der Waals surface area contributed by atoms with Crippen molar-refractivity contribution in [1.29, 1.82) is 0 Å². The largest absolute Gasteiger partial charge is 0.344 e. The molecule has 1 amide bonds. The maximum Gasteiger partial charge on any atom is 0.240 e. The lowest BCUT2D eigenvalue weighted by Crippen LogP contribution is -2.48. The van der Waals surface area contributed by atoms with Crippen LogP contribution in [0.2, 0.25) is 0 Å². The van der Waals surface area contributed by atoms with Crippen molar-refractivity contribution in [3.63, 3.8) is 0 Å². The highest BCUT2D eigenvalue weighted by molar-refractivity contribution is 7.98. The molecule has 1 aromatic carbocycles. The standard InChI is InChI=1S/C21H32N2O3S2/c1-23(17-19-11-7-4-8-12-19)21(24)20(13-15-27-2)22-28(25,26)16-14-18-9-5-3-6-10-18/h3,5-6,9-10,14,16,19-20,22H,4,7-8,11-13,15,17H2,1-2H3/b16-14+/t20-/m0/s1. The quantitative estimate of drug-likeness (QED) is 0.621. The smallest absolute Gasteiger partial charge is 0.240 e. The molecule has 1 aliphatic carbocycles. The minimum absolute atomic E-state index is 0.142. The maximum absolute atomic E-state index is 12.9. The van der Waals surface area contributed by atoms with E-state index in [0.717, 1.165) is 29.6 Å². The number of carbonyl (C=O) groups excluding carboxylic acids is 1. The summed E-state index contributed by atoms with van der Waals surface area (Å²) in [6.45, 7) is 0.705. The SMILES string of the molecule is CSCC[C@H](NS(=O)(=O)/C=C/c1ccccc1)C(=O)N(C)CC1CCCCC1. The molecule has 0 bridgehead atoms. The van der Waals surface area contributed by atoms with Crippen molar-refractivity contribution in [3.05, 3.63) is 41.3 Å². The number of thioether (sulfide) groups is 1. The summed E-state index contributed by atoms with van der Waals surface area (Å²) in [5.41, 5.74) is 0.800. The molecule has 0 aromatic heterocycles. The molecule has 0 heterocycles. The van der Waals surface area contributed by atoms with Gasteiger partial charge in [0.1, 0.15) is 6.04 Å². The zero-order chi connectivity index (χ0) is 20.4. The molecule has 0 unspecified atom stereocenters. The Morgan fingerprint density at radius 2 is 1.93 bits per heavy atom. The zero-order valence-corrected chi connectivity index (χ0v) is 18.5. The van der Waals surface area contributed by atoms with Crippen LogP contribution in [0.3, 0.4) is 0 Å². The summed E-state index contributed by atoms with van der Waals surface area (Å²) in [6.07, 6.45) is 10.0. The van der Waals surface area contributed by atoms with Crippen molar-refractivity contribution in [2.75, 3.05) is 25.6 Å². The van der Waals surface area contributed by atoms with Crippen LogP contribution in [0.25, 0.3) is 6.08 Å². The summed E-state index contributed by atoms with van der Waals surface area (Å²) in [4.78, 5) is 14.7. The third kappa shape index (κ3) is 7.97. The Labute approximate surface area is 174 Å². The van der Waals surface area contributed by atoms with Gasteiger partial charge in [-0.05, 0) is 48.8 Å². The highest BCUT2D eigenvalue weighted by Crippen LogP contribution is 2.24. The number of nitrogens with zero attached hydrogens (tertiary/aromatic N) is 1. The van der Waals surface area contributed by atoms with Gasteiger partial charge in [-0.1, -0.05) is 49.6 Å². The summed E-state index contributed by atoms with van der Waals surface area (Å²) < 4.78 is 27.6. The minimum atomic E-state index is -3.71. The summed E-state index contributed by atoms with van der Waals surface area (Å²) in [6, 6.07) is 8.52. The first-order valence-corrected chi connectivity index (χ1v) is 12.8. The molecule has 1 atom stereocenters. The van der Waals surface area contributed by atoms with E-state index in [0.29, 0.717) is 18.9 Å². The second kappa shape index (κ2) is 11.6. The van der Waals surface area contributed by atoms with Crippen molar-refractivity contribution in [2.45, 2.75) is 44.6 Å². The van der Waals surface area contributed by atoms with Crippen LogP contribution in [0, 0.1) is 5.92 Å². The first-order valence-electron chi connectivity index (χ1n) is 9.90. The second-order valence-corrected chi connectivity index (χ2v) is 10.0. The highest BCUT2D eigenvalue weighted by atomic mass is 32.2. The van der Waals surface area contributed by atoms with Gasteiger partial charge in [-0.25, -0.2) is 8.42 Å². The first kappa shape index (κ1) is 23.0. The molecule has 0 radical (unpaired) electrons. The van der Waals surface area contributed by atoms with Gasteiger partial charge in [0, 0.05) is 19.0 Å². The molecule has 0 spiro atoms. The monoisotopic (exact) mass is 424 g/mol. The van der Waals surface area contributed by atoms with Gasteiger partial charge < -0.3 is 4.90 Å². The van der Waals surface area contributed by atoms with Gasteiger partial charge in [0.05, 0.1) is 0 Å². The summed E-state index contributed by atoms with van der Waals surface area (Å²) in [5, 5.41) is 1.14. The lowest BCUT2D eigenvalue weighted by Gasteiger charge is -2.29. The first-order chi connectivity index (χ1) is 13.4. The van der Waals surface area contributed by atoms with Crippen LogP contribution in [-0.4, -0.2) is 50.9 Å². The van der Waals surface area contributed by atoms with Crippen LogP contribution in [0.1, 0.15) is 44.1 Å². The molecule has 2 rings (SSSR count). The fraction of sp³-hybridized carbons (Fsp3) is 0.571. The Kier molecular flexibility index (Phi) is 9.55. The number of nitrogens with one attached hydrogen (secondary N) is 1. The van der Waals surface area contributed by atoms with Crippen molar-refractivity contribution < 1.29 is 13.2 Å². The Balaban J connectivity index is 2.02.